The van der Waals surface area contributed by atoms with Crippen LogP contribution in [0.1, 0.15) is 31.4 Å². The van der Waals surface area contributed by atoms with Crippen LogP contribution in [0.25, 0.3) is 6.08 Å². The van der Waals surface area contributed by atoms with Gasteiger partial charge in [-0.3, -0.25) is 4.79 Å². The summed E-state index contributed by atoms with van der Waals surface area (Å²) in [5.74, 6) is 0.142. The summed E-state index contributed by atoms with van der Waals surface area (Å²) in [5.41, 5.74) is 1.89. The third-order valence-corrected chi connectivity index (χ3v) is 4.59. The van der Waals surface area contributed by atoms with Gasteiger partial charge in [0.1, 0.15) is 0 Å². The molecule has 0 bridgehead atoms. The van der Waals surface area contributed by atoms with Gasteiger partial charge < -0.3 is 19.5 Å². The maximum absolute atomic E-state index is 12.3. The Morgan fingerprint density at radius 1 is 1.00 bits per heavy atom. The molecule has 0 saturated carbocycles. The van der Waals surface area contributed by atoms with E-state index in [1.807, 2.05) is 25.1 Å². The van der Waals surface area contributed by atoms with E-state index >= 15 is 0 Å². The van der Waals surface area contributed by atoms with Gasteiger partial charge in [0.05, 0.1) is 14.2 Å². The number of hydrogen-bond acceptors (Lipinski definition) is 5. The molecule has 0 aliphatic rings. The highest BCUT2D eigenvalue weighted by atomic mass is 16.5. The van der Waals surface area contributed by atoms with Crippen molar-refractivity contribution >= 4 is 18.0 Å². The fourth-order valence-corrected chi connectivity index (χ4v) is 2.93. The number of ether oxygens (including phenoxy) is 3. The third-order valence-electron chi connectivity index (χ3n) is 4.59. The van der Waals surface area contributed by atoms with Crippen LogP contribution in [0.4, 0.5) is 0 Å². The van der Waals surface area contributed by atoms with Crippen LogP contribution in [0.2, 0.25) is 0 Å². The average Bonchev–Trinajstić information content (AvgIpc) is 2.76. The molecule has 0 aliphatic carbocycles. The molecule has 1 amide bonds. The molecule has 2 rings (SSSR count). The lowest BCUT2D eigenvalue weighted by molar-refractivity contribution is -0.150. The number of amides is 1. The molecule has 160 valence electrons. The average molecular weight is 411 g/mol. The first kappa shape index (κ1) is 23.0. The minimum absolute atomic E-state index is 0.0320. The molecule has 2 atom stereocenters. The monoisotopic (exact) mass is 411 g/mol. The van der Waals surface area contributed by atoms with E-state index < -0.39 is 12.1 Å². The maximum atomic E-state index is 12.3. The van der Waals surface area contributed by atoms with Gasteiger partial charge in [0.25, 0.3) is 5.91 Å². The molecule has 0 aromatic heterocycles. The molecule has 0 aliphatic heterocycles. The number of hydrogen-bond donors (Lipinski definition) is 1. The molecular weight excluding hydrogens is 382 g/mol. The van der Waals surface area contributed by atoms with Gasteiger partial charge in [0.15, 0.2) is 17.6 Å². The van der Waals surface area contributed by atoms with Gasteiger partial charge in [-0.05, 0) is 44.4 Å². The van der Waals surface area contributed by atoms with E-state index in [0.717, 1.165) is 12.8 Å². The van der Waals surface area contributed by atoms with E-state index in [0.29, 0.717) is 17.1 Å². The summed E-state index contributed by atoms with van der Waals surface area (Å²) in [6, 6.07) is 15.4. The van der Waals surface area contributed by atoms with E-state index in [2.05, 4.69) is 17.4 Å². The molecular formula is C24H29NO5. The van der Waals surface area contributed by atoms with Gasteiger partial charge in [-0.25, -0.2) is 4.79 Å². The lowest BCUT2D eigenvalue weighted by Crippen LogP contribution is -2.40. The topological polar surface area (TPSA) is 73.9 Å². The highest BCUT2D eigenvalue weighted by Gasteiger charge is 2.18. The fraction of sp³-hybridized carbons (Fsp3) is 0.333. The van der Waals surface area contributed by atoms with E-state index in [1.54, 1.807) is 38.3 Å². The minimum atomic E-state index is -0.895. The highest BCUT2D eigenvalue weighted by molar-refractivity contribution is 5.90. The Labute approximate surface area is 177 Å². The Morgan fingerprint density at radius 2 is 1.73 bits per heavy atom. The smallest absolute Gasteiger partial charge is 0.331 e. The predicted molar refractivity (Wildman–Crippen MR) is 117 cm³/mol. The van der Waals surface area contributed by atoms with E-state index in [1.165, 1.54) is 18.7 Å². The second-order valence-corrected chi connectivity index (χ2v) is 6.93. The summed E-state index contributed by atoms with van der Waals surface area (Å²) in [5, 5.41) is 2.89. The van der Waals surface area contributed by atoms with Crippen LogP contribution in [0.3, 0.4) is 0 Å². The Balaban J connectivity index is 1.84. The standard InChI is InChI=1S/C24H29NO5/c1-17(13-14-19-9-6-5-7-10-19)25-24(27)18(2)30-22(26)16-15-20-11-8-12-21(28-3)23(20)29-4/h5-12,15-18H,13-14H2,1-4H3,(H,25,27)/b16-15+/t17-,18+/m1/s1. The van der Waals surface area contributed by atoms with Gasteiger partial charge >= 0.3 is 5.97 Å². The number of esters is 1. The number of rotatable bonds is 10. The SMILES string of the molecule is COc1cccc(/C=C/C(=O)O[C@@H](C)C(=O)N[C@H](C)CCc2ccccc2)c1OC. The Morgan fingerprint density at radius 3 is 2.40 bits per heavy atom. The number of para-hydroxylation sites is 1. The van der Waals surface area contributed by atoms with Gasteiger partial charge in [-0.1, -0.05) is 42.5 Å². The first-order chi connectivity index (χ1) is 14.4. The molecule has 0 radical (unpaired) electrons. The molecule has 2 aromatic carbocycles. The Hall–Kier alpha value is -3.28. The van der Waals surface area contributed by atoms with E-state index in [-0.39, 0.29) is 11.9 Å². The Bertz CT molecular complexity index is 863. The molecule has 0 spiro atoms. The minimum Gasteiger partial charge on any atom is -0.493 e. The van der Waals surface area contributed by atoms with Crippen molar-refractivity contribution in [3.63, 3.8) is 0 Å². The van der Waals surface area contributed by atoms with Crippen LogP contribution in [-0.4, -0.2) is 38.2 Å². The van der Waals surface area contributed by atoms with Crippen molar-refractivity contribution < 1.29 is 23.8 Å². The zero-order valence-electron chi connectivity index (χ0n) is 17.9. The highest BCUT2D eigenvalue weighted by Crippen LogP contribution is 2.31. The van der Waals surface area contributed by atoms with Crippen molar-refractivity contribution in [1.82, 2.24) is 5.32 Å². The van der Waals surface area contributed by atoms with Crippen LogP contribution in [0, 0.1) is 0 Å². The first-order valence-electron chi connectivity index (χ1n) is 9.88. The van der Waals surface area contributed by atoms with Crippen molar-refractivity contribution in [1.29, 1.82) is 0 Å². The molecule has 30 heavy (non-hydrogen) atoms. The van der Waals surface area contributed by atoms with E-state index in [4.69, 9.17) is 14.2 Å². The van der Waals surface area contributed by atoms with Crippen LogP contribution < -0.4 is 14.8 Å². The number of carbonyl (C=O) groups is 2. The van der Waals surface area contributed by atoms with Crippen molar-refractivity contribution in [2.75, 3.05) is 14.2 Å². The van der Waals surface area contributed by atoms with Crippen molar-refractivity contribution in [3.05, 3.63) is 65.7 Å². The Kier molecular flexibility index (Phi) is 8.94. The van der Waals surface area contributed by atoms with Crippen LogP contribution in [0.15, 0.2) is 54.6 Å². The molecule has 0 fully saturated rings. The molecule has 6 nitrogen and oxygen atoms in total. The van der Waals surface area contributed by atoms with Gasteiger partial charge in [0, 0.05) is 17.7 Å². The number of aryl methyl sites for hydroxylation is 1. The zero-order chi connectivity index (χ0) is 21.9. The number of methoxy groups -OCH3 is 2. The second kappa shape index (κ2) is 11.7. The summed E-state index contributed by atoms with van der Waals surface area (Å²) in [7, 11) is 3.07. The first-order valence-corrected chi connectivity index (χ1v) is 9.88. The zero-order valence-corrected chi connectivity index (χ0v) is 17.9. The normalized spacial score (nSPS) is 12.8. The predicted octanol–water partition coefficient (Wildman–Crippen LogP) is 3.79. The van der Waals surface area contributed by atoms with Crippen LogP contribution in [0.5, 0.6) is 11.5 Å². The number of nitrogens with one attached hydrogen (secondary N) is 1. The second-order valence-electron chi connectivity index (χ2n) is 6.93. The van der Waals surface area contributed by atoms with Crippen molar-refractivity contribution in [2.45, 2.75) is 38.8 Å². The maximum Gasteiger partial charge on any atom is 0.331 e. The fourth-order valence-electron chi connectivity index (χ4n) is 2.93. The van der Waals surface area contributed by atoms with Gasteiger partial charge in [-0.15, -0.1) is 0 Å². The summed E-state index contributed by atoms with van der Waals surface area (Å²) in [6.45, 7) is 3.49. The largest absolute Gasteiger partial charge is 0.493 e. The third kappa shape index (κ3) is 6.95. The molecule has 0 unspecified atom stereocenters. The van der Waals surface area contributed by atoms with Crippen LogP contribution >= 0.6 is 0 Å². The lowest BCUT2D eigenvalue weighted by atomic mass is 10.1. The van der Waals surface area contributed by atoms with Crippen LogP contribution in [-0.2, 0) is 20.7 Å². The molecule has 0 heterocycles. The molecule has 6 heteroatoms. The van der Waals surface area contributed by atoms with Gasteiger partial charge in [-0.2, -0.15) is 0 Å². The summed E-state index contributed by atoms with van der Waals surface area (Å²) < 4.78 is 15.8. The number of benzene rings is 2. The molecule has 2 aromatic rings. The van der Waals surface area contributed by atoms with Crippen molar-refractivity contribution in [3.8, 4) is 11.5 Å². The summed E-state index contributed by atoms with van der Waals surface area (Å²) in [6.07, 6.45) is 3.60. The summed E-state index contributed by atoms with van der Waals surface area (Å²) in [4.78, 5) is 24.4. The lowest BCUT2D eigenvalue weighted by Gasteiger charge is -2.17. The van der Waals surface area contributed by atoms with Gasteiger partial charge in [0.2, 0.25) is 0 Å². The van der Waals surface area contributed by atoms with E-state index in [9.17, 15) is 9.59 Å². The quantitative estimate of drug-likeness (QED) is 0.476. The molecule has 0 saturated heterocycles. The molecule has 1 N–H and O–H groups in total. The number of carbonyl (C=O) groups excluding carboxylic acids is 2. The summed E-state index contributed by atoms with van der Waals surface area (Å²) >= 11 is 0. The van der Waals surface area contributed by atoms with Crippen molar-refractivity contribution in [2.24, 2.45) is 0 Å².